The molecule has 8 heteroatoms. The van der Waals surface area contributed by atoms with Crippen molar-refractivity contribution in [2.24, 2.45) is 5.73 Å². The van der Waals surface area contributed by atoms with E-state index >= 15 is 0 Å². The van der Waals surface area contributed by atoms with Gasteiger partial charge in [-0.1, -0.05) is 12.1 Å². The summed E-state index contributed by atoms with van der Waals surface area (Å²) in [6.07, 6.45) is -4.39. The first-order valence-electron chi connectivity index (χ1n) is 5.90. The summed E-state index contributed by atoms with van der Waals surface area (Å²) in [5.74, 6) is -0.255. The van der Waals surface area contributed by atoms with Crippen LogP contribution in [0.1, 0.15) is 11.3 Å². The van der Waals surface area contributed by atoms with Crippen LogP contribution in [-0.4, -0.2) is 16.1 Å². The van der Waals surface area contributed by atoms with E-state index in [0.29, 0.717) is 5.69 Å². The van der Waals surface area contributed by atoms with Crippen LogP contribution in [0.15, 0.2) is 36.4 Å². The number of nitrogens with one attached hydrogen (secondary N) is 1. The molecule has 0 unspecified atom stereocenters. The smallest absolute Gasteiger partial charge is 0.369 e. The second-order valence-electron chi connectivity index (χ2n) is 4.27. The lowest BCUT2D eigenvalue weighted by molar-refractivity contribution is -0.141. The third-order valence-corrected chi connectivity index (χ3v) is 2.56. The average Bonchev–Trinajstić information content (AvgIpc) is 2.40. The fourth-order valence-corrected chi connectivity index (χ4v) is 1.61. The van der Waals surface area contributed by atoms with Gasteiger partial charge in [-0.2, -0.15) is 13.2 Å². The molecule has 0 radical (unpaired) electrons. The average molecular weight is 296 g/mol. The van der Waals surface area contributed by atoms with E-state index < -0.39 is 17.8 Å². The van der Waals surface area contributed by atoms with Crippen molar-refractivity contribution in [1.29, 1.82) is 0 Å². The van der Waals surface area contributed by atoms with Crippen LogP contribution in [0.25, 0.3) is 0 Å². The first-order chi connectivity index (χ1) is 9.84. The Labute approximate surface area is 118 Å². The number of hydrogen-bond acceptors (Lipinski definition) is 4. The lowest BCUT2D eigenvalue weighted by atomic mass is 10.1. The van der Waals surface area contributed by atoms with Gasteiger partial charge in [-0.15, -0.1) is 10.2 Å². The van der Waals surface area contributed by atoms with Crippen molar-refractivity contribution in [2.75, 3.05) is 5.32 Å². The molecule has 1 heterocycles. The van der Waals surface area contributed by atoms with Gasteiger partial charge in [0.1, 0.15) is 0 Å². The monoisotopic (exact) mass is 296 g/mol. The van der Waals surface area contributed by atoms with Gasteiger partial charge in [0.15, 0.2) is 11.5 Å². The van der Waals surface area contributed by atoms with E-state index in [2.05, 4.69) is 15.5 Å². The van der Waals surface area contributed by atoms with Crippen molar-refractivity contribution in [3.05, 3.63) is 47.7 Å². The lowest BCUT2D eigenvalue weighted by Gasteiger charge is -2.08. The van der Waals surface area contributed by atoms with Crippen molar-refractivity contribution in [3.63, 3.8) is 0 Å². The number of aromatic nitrogens is 2. The molecule has 0 saturated heterocycles. The summed E-state index contributed by atoms with van der Waals surface area (Å²) in [5, 5.41) is 9.37. The van der Waals surface area contributed by atoms with Crippen LogP contribution in [-0.2, 0) is 17.4 Å². The standard InChI is InChI=1S/C13H11F3N4O/c14-13(15,16)10-5-6-12(20-19-10)18-9-3-1-8(2-4-9)7-11(17)21/h1-6H,7H2,(H2,17,21)(H,18,20). The molecule has 21 heavy (non-hydrogen) atoms. The number of rotatable bonds is 4. The molecule has 110 valence electrons. The third kappa shape index (κ3) is 4.16. The number of amides is 1. The Kier molecular flexibility index (Phi) is 4.06. The summed E-state index contributed by atoms with van der Waals surface area (Å²) in [7, 11) is 0. The fraction of sp³-hybridized carbons (Fsp3) is 0.154. The molecule has 0 aliphatic rings. The van der Waals surface area contributed by atoms with E-state index in [0.717, 1.165) is 11.6 Å². The number of alkyl halides is 3. The van der Waals surface area contributed by atoms with Crippen molar-refractivity contribution in [1.82, 2.24) is 10.2 Å². The minimum atomic E-state index is -4.51. The molecular weight excluding hydrogens is 285 g/mol. The number of halogens is 3. The molecule has 5 nitrogen and oxygen atoms in total. The molecule has 0 spiro atoms. The number of primary amides is 1. The van der Waals surface area contributed by atoms with Crippen LogP contribution in [0.2, 0.25) is 0 Å². The molecule has 1 aromatic carbocycles. The lowest BCUT2D eigenvalue weighted by Crippen LogP contribution is -2.13. The maximum absolute atomic E-state index is 12.3. The number of nitrogens with zero attached hydrogens (tertiary/aromatic N) is 2. The highest BCUT2D eigenvalue weighted by Crippen LogP contribution is 2.27. The molecule has 1 amide bonds. The van der Waals surface area contributed by atoms with Crippen molar-refractivity contribution < 1.29 is 18.0 Å². The molecule has 2 rings (SSSR count). The molecule has 0 fully saturated rings. The Morgan fingerprint density at radius 1 is 1.10 bits per heavy atom. The molecule has 0 bridgehead atoms. The van der Waals surface area contributed by atoms with Crippen LogP contribution in [0.5, 0.6) is 0 Å². The zero-order chi connectivity index (χ0) is 15.5. The Morgan fingerprint density at radius 3 is 2.24 bits per heavy atom. The summed E-state index contributed by atoms with van der Waals surface area (Å²) >= 11 is 0. The van der Waals surface area contributed by atoms with Crippen molar-refractivity contribution >= 4 is 17.4 Å². The number of carbonyl (C=O) groups is 1. The first-order valence-corrected chi connectivity index (χ1v) is 5.90. The summed E-state index contributed by atoms with van der Waals surface area (Å²) in [6, 6.07) is 8.73. The highest BCUT2D eigenvalue weighted by Gasteiger charge is 2.32. The zero-order valence-corrected chi connectivity index (χ0v) is 10.7. The van der Waals surface area contributed by atoms with Crippen LogP contribution in [0.4, 0.5) is 24.7 Å². The first kappa shape index (κ1) is 14.8. The van der Waals surface area contributed by atoms with Crippen molar-refractivity contribution in [3.8, 4) is 0 Å². The Bertz CT molecular complexity index is 623. The molecule has 0 aliphatic heterocycles. The van der Waals surface area contributed by atoms with Crippen LogP contribution >= 0.6 is 0 Å². The predicted molar refractivity (Wildman–Crippen MR) is 69.7 cm³/mol. The normalized spacial score (nSPS) is 11.2. The van der Waals surface area contributed by atoms with Gasteiger partial charge in [-0.3, -0.25) is 4.79 Å². The maximum atomic E-state index is 12.3. The highest BCUT2D eigenvalue weighted by molar-refractivity contribution is 5.76. The summed E-state index contributed by atoms with van der Waals surface area (Å²) in [6.45, 7) is 0. The third-order valence-electron chi connectivity index (χ3n) is 2.56. The molecule has 0 aliphatic carbocycles. The molecule has 2 aromatic rings. The molecule has 3 N–H and O–H groups in total. The van der Waals surface area contributed by atoms with E-state index in [1.165, 1.54) is 6.07 Å². The van der Waals surface area contributed by atoms with Gasteiger partial charge in [0.2, 0.25) is 5.91 Å². The van der Waals surface area contributed by atoms with Crippen LogP contribution in [0.3, 0.4) is 0 Å². The van der Waals surface area contributed by atoms with Gasteiger partial charge in [0, 0.05) is 5.69 Å². The Balaban J connectivity index is 2.06. The molecule has 0 saturated carbocycles. The predicted octanol–water partition coefficient (Wildman–Crippen LogP) is 2.27. The minimum Gasteiger partial charge on any atom is -0.369 e. The summed E-state index contributed by atoms with van der Waals surface area (Å²) in [4.78, 5) is 10.8. The largest absolute Gasteiger partial charge is 0.435 e. The number of anilines is 2. The molecular formula is C13H11F3N4O. The van der Waals surface area contributed by atoms with E-state index in [-0.39, 0.29) is 12.2 Å². The number of benzene rings is 1. The van der Waals surface area contributed by atoms with Crippen LogP contribution in [0, 0.1) is 0 Å². The van der Waals surface area contributed by atoms with E-state index in [1.807, 2.05) is 0 Å². The van der Waals surface area contributed by atoms with E-state index in [4.69, 9.17) is 5.73 Å². The van der Waals surface area contributed by atoms with Gasteiger partial charge in [0.25, 0.3) is 0 Å². The number of carbonyl (C=O) groups excluding carboxylic acids is 1. The quantitative estimate of drug-likeness (QED) is 0.907. The fourth-order valence-electron chi connectivity index (χ4n) is 1.61. The zero-order valence-electron chi connectivity index (χ0n) is 10.7. The maximum Gasteiger partial charge on any atom is 0.435 e. The minimum absolute atomic E-state index is 0.125. The Morgan fingerprint density at radius 2 is 1.76 bits per heavy atom. The van der Waals surface area contributed by atoms with Gasteiger partial charge in [0.05, 0.1) is 6.42 Å². The number of hydrogen-bond donors (Lipinski definition) is 2. The topological polar surface area (TPSA) is 80.9 Å². The van der Waals surface area contributed by atoms with Crippen LogP contribution < -0.4 is 11.1 Å². The highest BCUT2D eigenvalue weighted by atomic mass is 19.4. The Hall–Kier alpha value is -2.64. The van der Waals surface area contributed by atoms with Gasteiger partial charge in [-0.05, 0) is 29.8 Å². The molecule has 0 atom stereocenters. The SMILES string of the molecule is NC(=O)Cc1ccc(Nc2ccc(C(F)(F)F)nn2)cc1. The second kappa shape index (κ2) is 5.78. The van der Waals surface area contributed by atoms with Gasteiger partial charge < -0.3 is 11.1 Å². The second-order valence-corrected chi connectivity index (χ2v) is 4.27. The summed E-state index contributed by atoms with van der Waals surface area (Å²) < 4.78 is 37.0. The van der Waals surface area contributed by atoms with Gasteiger partial charge >= 0.3 is 6.18 Å². The number of nitrogens with two attached hydrogens (primary N) is 1. The molecule has 1 aromatic heterocycles. The van der Waals surface area contributed by atoms with E-state index in [1.54, 1.807) is 24.3 Å². The van der Waals surface area contributed by atoms with Gasteiger partial charge in [-0.25, -0.2) is 0 Å². The van der Waals surface area contributed by atoms with Crippen molar-refractivity contribution in [2.45, 2.75) is 12.6 Å². The summed E-state index contributed by atoms with van der Waals surface area (Å²) in [5.41, 5.74) is 5.37. The van der Waals surface area contributed by atoms with E-state index in [9.17, 15) is 18.0 Å².